The number of halogens is 7. The summed E-state index contributed by atoms with van der Waals surface area (Å²) in [5.41, 5.74) is -2.93. The summed E-state index contributed by atoms with van der Waals surface area (Å²) in [6, 6.07) is 3.56. The smallest absolute Gasteiger partial charge is 0.423 e. The molecule has 0 bridgehead atoms. The van der Waals surface area contributed by atoms with Crippen molar-refractivity contribution in [3.63, 3.8) is 0 Å². The molecule has 0 aliphatic rings. The third-order valence-corrected chi connectivity index (χ3v) is 3.13. The first-order valence-electron chi connectivity index (χ1n) is 6.07. The van der Waals surface area contributed by atoms with E-state index in [4.69, 9.17) is 21.6 Å². The Kier molecular flexibility index (Phi) is 4.66. The summed E-state index contributed by atoms with van der Waals surface area (Å²) in [5.74, 6) is -0.926. The summed E-state index contributed by atoms with van der Waals surface area (Å²) in [5, 5.41) is 11.6. The number of aromatic nitrogens is 2. The molecule has 0 aliphatic carbocycles. The summed E-state index contributed by atoms with van der Waals surface area (Å²) in [7, 11) is 0. The highest BCUT2D eigenvalue weighted by molar-refractivity contribution is 6.32. The number of nitriles is 1. The lowest BCUT2D eigenvalue weighted by molar-refractivity contribution is -0.139. The largest absolute Gasteiger partial charge is 0.462 e. The molecule has 0 saturated heterocycles. The first-order chi connectivity index (χ1) is 11.1. The van der Waals surface area contributed by atoms with Crippen LogP contribution in [0.25, 0.3) is 5.69 Å². The minimum Gasteiger partial charge on any atom is -0.462 e. The molecule has 0 N–H and O–H groups in total. The first-order valence-corrected chi connectivity index (χ1v) is 6.45. The van der Waals surface area contributed by atoms with Gasteiger partial charge in [-0.3, -0.25) is 0 Å². The lowest BCUT2D eigenvalue weighted by atomic mass is 10.2. The normalized spacial score (nSPS) is 12.1. The zero-order valence-electron chi connectivity index (χ0n) is 11.4. The van der Waals surface area contributed by atoms with Gasteiger partial charge in [0.2, 0.25) is 5.88 Å². The Hall–Kier alpha value is -2.41. The number of alkyl halides is 6. The Bertz CT molecular complexity index is 790. The van der Waals surface area contributed by atoms with Crippen LogP contribution in [0.15, 0.2) is 24.4 Å². The number of benzene rings is 1. The van der Waals surface area contributed by atoms with Crippen molar-refractivity contribution in [2.45, 2.75) is 12.4 Å². The lowest BCUT2D eigenvalue weighted by Gasteiger charge is -2.14. The second-order valence-electron chi connectivity index (χ2n) is 4.38. The van der Waals surface area contributed by atoms with Crippen molar-refractivity contribution in [3.8, 4) is 17.6 Å². The van der Waals surface area contributed by atoms with Crippen LogP contribution in [0.2, 0.25) is 5.02 Å². The van der Waals surface area contributed by atoms with Crippen LogP contribution >= 0.6 is 11.6 Å². The van der Waals surface area contributed by atoms with Crippen LogP contribution in [0.5, 0.6) is 5.88 Å². The fourth-order valence-corrected chi connectivity index (χ4v) is 1.99. The molecule has 128 valence electrons. The van der Waals surface area contributed by atoms with Crippen LogP contribution in [0.3, 0.4) is 0 Å². The zero-order chi connectivity index (χ0) is 18.1. The van der Waals surface area contributed by atoms with Crippen molar-refractivity contribution < 1.29 is 31.1 Å². The average molecular weight is 370 g/mol. The van der Waals surface area contributed by atoms with Gasteiger partial charge in [-0.25, -0.2) is 0 Å². The molecule has 0 amide bonds. The molecule has 1 aromatic heterocycles. The van der Waals surface area contributed by atoms with Gasteiger partial charge in [0, 0.05) is 0 Å². The van der Waals surface area contributed by atoms with Crippen LogP contribution in [-0.2, 0) is 12.4 Å². The van der Waals surface area contributed by atoms with Gasteiger partial charge in [0.25, 0.3) is 0 Å². The van der Waals surface area contributed by atoms with E-state index in [1.165, 1.54) is 6.07 Å². The fourth-order valence-electron chi connectivity index (χ4n) is 1.79. The van der Waals surface area contributed by atoms with Gasteiger partial charge in [-0.05, 0) is 18.2 Å². The zero-order valence-corrected chi connectivity index (χ0v) is 12.2. The molecule has 0 unspecified atom stereocenters. The summed E-state index contributed by atoms with van der Waals surface area (Å²) < 4.78 is 82.4. The minimum atomic E-state index is -4.88. The van der Waals surface area contributed by atoms with Crippen LogP contribution in [0.1, 0.15) is 11.1 Å². The van der Waals surface area contributed by atoms with Crippen molar-refractivity contribution in [3.05, 3.63) is 40.5 Å². The maximum atomic E-state index is 12.9. The number of ether oxygens (including phenoxy) is 1. The second-order valence-corrected chi connectivity index (χ2v) is 4.79. The molecule has 2 rings (SSSR count). The van der Waals surface area contributed by atoms with Crippen molar-refractivity contribution in [2.24, 2.45) is 0 Å². The summed E-state index contributed by atoms with van der Waals surface area (Å²) in [4.78, 5) is 0. The lowest BCUT2D eigenvalue weighted by Crippen LogP contribution is -2.11. The molecule has 0 fully saturated rings. The van der Waals surface area contributed by atoms with E-state index in [2.05, 4.69) is 5.10 Å². The first kappa shape index (κ1) is 17.9. The summed E-state index contributed by atoms with van der Waals surface area (Å²) >= 11 is 5.78. The Morgan fingerprint density at radius 1 is 1.17 bits per heavy atom. The predicted molar refractivity (Wildman–Crippen MR) is 69.7 cm³/mol. The molecule has 0 aliphatic heterocycles. The van der Waals surface area contributed by atoms with Gasteiger partial charge in [0.05, 0.1) is 22.5 Å². The third-order valence-electron chi connectivity index (χ3n) is 2.81. The molecule has 0 saturated carbocycles. The topological polar surface area (TPSA) is 50.8 Å². The van der Waals surface area contributed by atoms with Gasteiger partial charge < -0.3 is 4.74 Å². The van der Waals surface area contributed by atoms with Crippen molar-refractivity contribution in [1.82, 2.24) is 9.78 Å². The van der Waals surface area contributed by atoms with Gasteiger partial charge >= 0.3 is 12.4 Å². The van der Waals surface area contributed by atoms with Gasteiger partial charge in [0.1, 0.15) is 11.6 Å². The highest BCUT2D eigenvalue weighted by Gasteiger charge is 2.38. The number of nitrogens with zero attached hydrogens (tertiary/aromatic N) is 3. The van der Waals surface area contributed by atoms with E-state index in [1.807, 2.05) is 0 Å². The van der Waals surface area contributed by atoms with Crippen LogP contribution in [0.4, 0.5) is 26.3 Å². The maximum Gasteiger partial charge on any atom is 0.423 e. The van der Waals surface area contributed by atoms with E-state index in [9.17, 15) is 26.3 Å². The van der Waals surface area contributed by atoms with Crippen molar-refractivity contribution >= 4 is 11.6 Å². The van der Waals surface area contributed by atoms with E-state index in [0.717, 1.165) is 6.07 Å². The maximum absolute atomic E-state index is 12.9. The van der Waals surface area contributed by atoms with E-state index < -0.39 is 41.7 Å². The molecule has 4 nitrogen and oxygen atoms in total. The second kappa shape index (κ2) is 6.24. The fraction of sp³-hybridized carbons (Fsp3) is 0.231. The van der Waals surface area contributed by atoms with E-state index in [1.54, 1.807) is 0 Å². The minimum absolute atomic E-state index is 0.276. The van der Waals surface area contributed by atoms with Gasteiger partial charge in [-0.2, -0.15) is 41.4 Å². The van der Waals surface area contributed by atoms with Gasteiger partial charge in [-0.1, -0.05) is 11.6 Å². The molecular weight excluding hydrogens is 364 g/mol. The van der Waals surface area contributed by atoms with Gasteiger partial charge in [0.15, 0.2) is 6.61 Å². The Labute approximate surface area is 135 Å². The molecular formula is C13H6ClF6N3O. The summed E-state index contributed by atoms with van der Waals surface area (Å²) in [6.07, 6.45) is -9.23. The van der Waals surface area contributed by atoms with E-state index in [-0.39, 0.29) is 5.02 Å². The third kappa shape index (κ3) is 3.56. The highest BCUT2D eigenvalue weighted by Crippen LogP contribution is 2.39. The summed E-state index contributed by atoms with van der Waals surface area (Å²) in [6.45, 7) is -0.759. The van der Waals surface area contributed by atoms with Crippen molar-refractivity contribution in [1.29, 1.82) is 5.26 Å². The number of rotatable bonds is 3. The van der Waals surface area contributed by atoms with Crippen LogP contribution in [-0.4, -0.2) is 16.4 Å². The molecule has 1 aromatic carbocycles. The molecule has 24 heavy (non-hydrogen) atoms. The molecule has 11 heteroatoms. The molecule has 0 spiro atoms. The quantitative estimate of drug-likeness (QED) is 0.750. The molecule has 1 heterocycles. The molecule has 0 atom stereocenters. The monoisotopic (exact) mass is 369 g/mol. The molecule has 0 radical (unpaired) electrons. The standard InChI is InChI=1S/C13H6ClF6N3O/c14-9-2-1-7(12(15,16)17)5-10(9)23-11(24-4-3-21)8(6-22-23)13(18,19)20/h1-2,5-6H,4H2. The average Bonchev–Trinajstić information content (AvgIpc) is 2.88. The van der Waals surface area contributed by atoms with Crippen LogP contribution < -0.4 is 4.74 Å². The van der Waals surface area contributed by atoms with E-state index in [0.29, 0.717) is 23.0 Å². The van der Waals surface area contributed by atoms with E-state index >= 15 is 0 Å². The Morgan fingerprint density at radius 3 is 2.38 bits per heavy atom. The Balaban J connectivity index is 2.65. The van der Waals surface area contributed by atoms with Crippen molar-refractivity contribution in [2.75, 3.05) is 6.61 Å². The SMILES string of the molecule is N#CCOc1c(C(F)(F)F)cnn1-c1cc(C(F)(F)F)ccc1Cl. The van der Waals surface area contributed by atoms with Crippen LogP contribution in [0, 0.1) is 11.3 Å². The number of hydrogen-bond donors (Lipinski definition) is 0. The molecule has 2 aromatic rings. The Morgan fingerprint density at radius 2 is 1.83 bits per heavy atom. The predicted octanol–water partition coefficient (Wildman–Crippen LogP) is 4.47. The highest BCUT2D eigenvalue weighted by atomic mass is 35.5. The van der Waals surface area contributed by atoms with Gasteiger partial charge in [-0.15, -0.1) is 0 Å². The number of hydrogen-bond acceptors (Lipinski definition) is 3.